The van der Waals surface area contributed by atoms with Gasteiger partial charge in [-0.25, -0.2) is 0 Å². The van der Waals surface area contributed by atoms with Gasteiger partial charge in [0.25, 0.3) is 5.91 Å². The number of carbonyl (C=O) groups excluding carboxylic acids is 2. The van der Waals surface area contributed by atoms with Crippen molar-refractivity contribution in [2.75, 3.05) is 6.54 Å². The van der Waals surface area contributed by atoms with Gasteiger partial charge in [-0.2, -0.15) is 5.26 Å². The van der Waals surface area contributed by atoms with Crippen molar-refractivity contribution >= 4 is 11.8 Å². The number of hydrogen-bond donors (Lipinski definition) is 2. The molecular weight excluding hydrogens is 254 g/mol. The molecular formula is C15H17N3O2. The van der Waals surface area contributed by atoms with E-state index in [0.29, 0.717) is 12.0 Å². The van der Waals surface area contributed by atoms with Crippen LogP contribution in [0.2, 0.25) is 0 Å². The van der Waals surface area contributed by atoms with Crippen LogP contribution in [0.5, 0.6) is 0 Å². The van der Waals surface area contributed by atoms with E-state index >= 15 is 0 Å². The van der Waals surface area contributed by atoms with Crippen molar-refractivity contribution in [3.05, 3.63) is 48.0 Å². The normalized spacial score (nSPS) is 11.6. The predicted molar refractivity (Wildman–Crippen MR) is 75.7 cm³/mol. The van der Waals surface area contributed by atoms with Crippen LogP contribution in [-0.4, -0.2) is 24.4 Å². The molecule has 104 valence electrons. The molecule has 0 aliphatic heterocycles. The van der Waals surface area contributed by atoms with Gasteiger partial charge in [-0.05, 0) is 25.5 Å². The summed E-state index contributed by atoms with van der Waals surface area (Å²) in [5.74, 6) is -0.679. The van der Waals surface area contributed by atoms with Gasteiger partial charge in [-0.15, -0.1) is 0 Å². The summed E-state index contributed by atoms with van der Waals surface area (Å²) in [6.45, 7) is 1.76. The van der Waals surface area contributed by atoms with Gasteiger partial charge in [0, 0.05) is 5.56 Å². The number of carbonyl (C=O) groups is 2. The molecule has 0 heterocycles. The summed E-state index contributed by atoms with van der Waals surface area (Å²) in [4.78, 5) is 23.9. The number of nitriles is 1. The van der Waals surface area contributed by atoms with Gasteiger partial charge in [0.15, 0.2) is 0 Å². The Morgan fingerprint density at radius 1 is 1.35 bits per heavy atom. The summed E-state index contributed by atoms with van der Waals surface area (Å²) in [6, 6.07) is 9.82. The van der Waals surface area contributed by atoms with Gasteiger partial charge in [0.2, 0.25) is 5.91 Å². The number of benzene rings is 1. The Kier molecular flexibility index (Phi) is 6.55. The van der Waals surface area contributed by atoms with Crippen molar-refractivity contribution in [3.63, 3.8) is 0 Å². The van der Waals surface area contributed by atoms with E-state index in [0.717, 1.165) is 0 Å². The lowest BCUT2D eigenvalue weighted by Gasteiger charge is -2.16. The molecule has 0 spiro atoms. The van der Waals surface area contributed by atoms with E-state index in [1.807, 2.05) is 19.1 Å². The first kappa shape index (κ1) is 15.4. The second kappa shape index (κ2) is 8.48. The van der Waals surface area contributed by atoms with Gasteiger partial charge >= 0.3 is 0 Å². The molecule has 0 aliphatic rings. The SMILES string of the molecule is C/C=C/C[C@H](NC(=O)c1ccccc1)C(=O)NCC#N. The highest BCUT2D eigenvalue weighted by atomic mass is 16.2. The number of amides is 2. The molecule has 1 aromatic carbocycles. The highest BCUT2D eigenvalue weighted by Gasteiger charge is 2.19. The summed E-state index contributed by atoms with van der Waals surface area (Å²) in [6.07, 6.45) is 3.98. The molecule has 5 heteroatoms. The van der Waals surface area contributed by atoms with E-state index in [1.54, 1.807) is 36.4 Å². The molecule has 5 nitrogen and oxygen atoms in total. The van der Waals surface area contributed by atoms with E-state index < -0.39 is 6.04 Å². The van der Waals surface area contributed by atoms with Crippen LogP contribution in [0.15, 0.2) is 42.5 Å². The zero-order valence-corrected chi connectivity index (χ0v) is 11.3. The standard InChI is InChI=1S/C15H17N3O2/c1-2-3-9-13(15(20)17-11-10-16)18-14(19)12-7-5-4-6-8-12/h2-8,13H,9,11H2,1H3,(H,17,20)(H,18,19)/b3-2+/t13-/m0/s1. The first-order valence-electron chi connectivity index (χ1n) is 6.30. The summed E-state index contributed by atoms with van der Waals surface area (Å²) in [5.41, 5.74) is 0.492. The third-order valence-electron chi connectivity index (χ3n) is 2.61. The molecule has 20 heavy (non-hydrogen) atoms. The fourth-order valence-corrected chi connectivity index (χ4v) is 1.58. The van der Waals surface area contributed by atoms with E-state index in [9.17, 15) is 9.59 Å². The van der Waals surface area contributed by atoms with Crippen molar-refractivity contribution < 1.29 is 9.59 Å². The van der Waals surface area contributed by atoms with Crippen LogP contribution in [0.3, 0.4) is 0 Å². The third-order valence-corrected chi connectivity index (χ3v) is 2.61. The number of hydrogen-bond acceptors (Lipinski definition) is 3. The Labute approximate surface area is 118 Å². The van der Waals surface area contributed by atoms with Crippen LogP contribution in [0.4, 0.5) is 0 Å². The lowest BCUT2D eigenvalue weighted by molar-refractivity contribution is -0.122. The topological polar surface area (TPSA) is 82.0 Å². The largest absolute Gasteiger partial charge is 0.341 e. The van der Waals surface area contributed by atoms with Crippen LogP contribution in [0.1, 0.15) is 23.7 Å². The molecule has 0 unspecified atom stereocenters. The Morgan fingerprint density at radius 2 is 2.05 bits per heavy atom. The lowest BCUT2D eigenvalue weighted by atomic mass is 10.1. The Bertz CT molecular complexity index is 518. The summed E-state index contributed by atoms with van der Waals surface area (Å²) in [5, 5.41) is 13.6. The number of rotatable bonds is 6. The highest BCUT2D eigenvalue weighted by molar-refractivity contribution is 5.97. The smallest absolute Gasteiger partial charge is 0.251 e. The van der Waals surface area contributed by atoms with E-state index in [4.69, 9.17) is 5.26 Å². The third kappa shape index (κ3) is 4.94. The maximum absolute atomic E-state index is 12.0. The molecule has 0 radical (unpaired) electrons. The van der Waals surface area contributed by atoms with Crippen molar-refractivity contribution in [3.8, 4) is 6.07 Å². The quantitative estimate of drug-likeness (QED) is 0.606. The van der Waals surface area contributed by atoms with Crippen LogP contribution in [0.25, 0.3) is 0 Å². The van der Waals surface area contributed by atoms with Gasteiger partial charge < -0.3 is 10.6 Å². The molecule has 2 N–H and O–H groups in total. The van der Waals surface area contributed by atoms with Gasteiger partial charge in [0.05, 0.1) is 6.07 Å². The van der Waals surface area contributed by atoms with Crippen LogP contribution in [-0.2, 0) is 4.79 Å². The molecule has 0 fully saturated rings. The minimum absolute atomic E-state index is 0.0770. The Hall–Kier alpha value is -2.61. The first-order chi connectivity index (χ1) is 9.69. The molecule has 1 atom stereocenters. The monoisotopic (exact) mass is 271 g/mol. The maximum atomic E-state index is 12.0. The molecule has 2 amide bonds. The highest BCUT2D eigenvalue weighted by Crippen LogP contribution is 2.01. The van der Waals surface area contributed by atoms with Gasteiger partial charge in [-0.1, -0.05) is 30.4 Å². The first-order valence-corrected chi connectivity index (χ1v) is 6.30. The molecule has 0 saturated heterocycles. The zero-order chi connectivity index (χ0) is 14.8. The fourth-order valence-electron chi connectivity index (χ4n) is 1.58. The zero-order valence-electron chi connectivity index (χ0n) is 11.3. The summed E-state index contributed by atoms with van der Waals surface area (Å²) >= 11 is 0. The minimum atomic E-state index is -0.688. The van der Waals surface area contributed by atoms with E-state index in [-0.39, 0.29) is 18.4 Å². The minimum Gasteiger partial charge on any atom is -0.341 e. The Morgan fingerprint density at radius 3 is 2.65 bits per heavy atom. The second-order valence-electron chi connectivity index (χ2n) is 4.07. The number of nitrogens with zero attached hydrogens (tertiary/aromatic N) is 1. The van der Waals surface area contributed by atoms with Crippen molar-refractivity contribution in [2.24, 2.45) is 0 Å². The van der Waals surface area contributed by atoms with E-state index in [2.05, 4.69) is 10.6 Å². The summed E-state index contributed by atoms with van der Waals surface area (Å²) in [7, 11) is 0. The number of nitrogens with one attached hydrogen (secondary N) is 2. The van der Waals surface area contributed by atoms with Crippen molar-refractivity contribution in [1.82, 2.24) is 10.6 Å². The fraction of sp³-hybridized carbons (Fsp3) is 0.267. The van der Waals surface area contributed by atoms with Crippen molar-refractivity contribution in [1.29, 1.82) is 5.26 Å². The van der Waals surface area contributed by atoms with Gasteiger partial charge in [-0.3, -0.25) is 9.59 Å². The molecule has 1 rings (SSSR count). The van der Waals surface area contributed by atoms with Gasteiger partial charge in [0.1, 0.15) is 12.6 Å². The molecule has 0 aliphatic carbocycles. The second-order valence-corrected chi connectivity index (χ2v) is 4.07. The molecule has 0 saturated carbocycles. The predicted octanol–water partition coefficient (Wildman–Crippen LogP) is 1.39. The van der Waals surface area contributed by atoms with Crippen LogP contribution >= 0.6 is 0 Å². The average Bonchev–Trinajstić information content (AvgIpc) is 2.49. The van der Waals surface area contributed by atoms with E-state index in [1.165, 1.54) is 0 Å². The maximum Gasteiger partial charge on any atom is 0.251 e. The van der Waals surface area contributed by atoms with Crippen molar-refractivity contribution in [2.45, 2.75) is 19.4 Å². The average molecular weight is 271 g/mol. The van der Waals surface area contributed by atoms with Crippen LogP contribution < -0.4 is 10.6 Å². The van der Waals surface area contributed by atoms with Crippen LogP contribution in [0, 0.1) is 11.3 Å². The molecule has 0 aromatic heterocycles. The molecule has 1 aromatic rings. The lowest BCUT2D eigenvalue weighted by Crippen LogP contribution is -2.46. The Balaban J connectivity index is 2.71. The summed E-state index contributed by atoms with van der Waals surface area (Å²) < 4.78 is 0. The number of allylic oxidation sites excluding steroid dienone is 1. The molecule has 0 bridgehead atoms.